The third-order valence-corrected chi connectivity index (χ3v) is 2.66. The third kappa shape index (κ3) is 1.95. The second kappa shape index (κ2) is 4.27. The van der Waals surface area contributed by atoms with Crippen LogP contribution in [0.2, 0.25) is 0 Å². The first kappa shape index (κ1) is 10.8. The minimum absolute atomic E-state index is 0.105. The van der Waals surface area contributed by atoms with E-state index in [4.69, 9.17) is 0 Å². The van der Waals surface area contributed by atoms with E-state index in [0.29, 0.717) is 0 Å². The van der Waals surface area contributed by atoms with E-state index >= 15 is 0 Å². The van der Waals surface area contributed by atoms with Crippen LogP contribution in [0.15, 0.2) is 18.2 Å². The van der Waals surface area contributed by atoms with Gasteiger partial charge in [0, 0.05) is 19.2 Å². The van der Waals surface area contributed by atoms with Crippen LogP contribution < -0.4 is 0 Å². The van der Waals surface area contributed by atoms with Crippen molar-refractivity contribution in [2.45, 2.75) is 20.8 Å². The Balaban J connectivity index is 3.07. The maximum Gasteiger partial charge on any atom is 0.253 e. The van der Waals surface area contributed by atoms with Crippen molar-refractivity contribution < 1.29 is 4.79 Å². The molecular weight excluding hydrogens is 174 g/mol. The predicted octanol–water partition coefficient (Wildman–Crippen LogP) is 2.40. The Hall–Kier alpha value is -1.31. The van der Waals surface area contributed by atoms with E-state index < -0.39 is 0 Å². The van der Waals surface area contributed by atoms with Crippen LogP contribution in [0.3, 0.4) is 0 Å². The zero-order valence-electron chi connectivity index (χ0n) is 9.29. The Morgan fingerprint density at radius 2 is 2.00 bits per heavy atom. The van der Waals surface area contributed by atoms with Crippen LogP contribution in [-0.2, 0) is 0 Å². The van der Waals surface area contributed by atoms with Gasteiger partial charge in [0.05, 0.1) is 0 Å². The number of hydrogen-bond donors (Lipinski definition) is 0. The van der Waals surface area contributed by atoms with E-state index in [9.17, 15) is 4.79 Å². The van der Waals surface area contributed by atoms with Gasteiger partial charge in [0.1, 0.15) is 0 Å². The van der Waals surface area contributed by atoms with Crippen LogP contribution in [-0.4, -0.2) is 24.4 Å². The Morgan fingerprint density at radius 1 is 1.36 bits per heavy atom. The molecule has 1 rings (SSSR count). The fourth-order valence-electron chi connectivity index (χ4n) is 1.33. The van der Waals surface area contributed by atoms with E-state index in [-0.39, 0.29) is 5.91 Å². The minimum atomic E-state index is 0.105. The first-order valence-corrected chi connectivity index (χ1v) is 4.89. The lowest BCUT2D eigenvalue weighted by Crippen LogP contribution is -2.26. The Kier molecular flexibility index (Phi) is 3.28. The zero-order valence-corrected chi connectivity index (χ0v) is 9.29. The van der Waals surface area contributed by atoms with Crippen molar-refractivity contribution in [3.63, 3.8) is 0 Å². The second-order valence-electron chi connectivity index (χ2n) is 3.57. The summed E-state index contributed by atoms with van der Waals surface area (Å²) in [4.78, 5) is 13.6. The number of nitrogens with zero attached hydrogens (tertiary/aromatic N) is 1. The maximum absolute atomic E-state index is 11.9. The Bertz CT molecular complexity index is 344. The Labute approximate surface area is 85.5 Å². The molecule has 2 heteroatoms. The number of amides is 1. The van der Waals surface area contributed by atoms with E-state index in [1.54, 1.807) is 4.90 Å². The first-order valence-electron chi connectivity index (χ1n) is 4.89. The SMILES string of the molecule is CCN(C)C(=O)c1cccc(C)c1C. The summed E-state index contributed by atoms with van der Waals surface area (Å²) in [6.07, 6.45) is 0. The summed E-state index contributed by atoms with van der Waals surface area (Å²) in [6, 6.07) is 5.84. The number of aryl methyl sites for hydroxylation is 1. The molecule has 1 aromatic carbocycles. The lowest BCUT2D eigenvalue weighted by molar-refractivity contribution is 0.0801. The molecule has 1 aromatic rings. The van der Waals surface area contributed by atoms with Crippen LogP contribution in [0.25, 0.3) is 0 Å². The van der Waals surface area contributed by atoms with Gasteiger partial charge < -0.3 is 4.90 Å². The molecule has 1 amide bonds. The van der Waals surface area contributed by atoms with Crippen molar-refractivity contribution in [3.8, 4) is 0 Å². The molecule has 0 bridgehead atoms. The zero-order chi connectivity index (χ0) is 10.7. The highest BCUT2D eigenvalue weighted by Crippen LogP contribution is 2.14. The van der Waals surface area contributed by atoms with E-state index in [1.807, 2.05) is 46.0 Å². The molecule has 0 radical (unpaired) electrons. The van der Waals surface area contributed by atoms with Gasteiger partial charge >= 0.3 is 0 Å². The summed E-state index contributed by atoms with van der Waals surface area (Å²) in [6.45, 7) is 6.74. The summed E-state index contributed by atoms with van der Waals surface area (Å²) in [5.74, 6) is 0.105. The van der Waals surface area contributed by atoms with Crippen LogP contribution in [0.5, 0.6) is 0 Å². The molecule has 0 aliphatic rings. The highest BCUT2D eigenvalue weighted by Gasteiger charge is 2.12. The van der Waals surface area contributed by atoms with Gasteiger partial charge in [0.15, 0.2) is 0 Å². The topological polar surface area (TPSA) is 20.3 Å². The number of rotatable bonds is 2. The summed E-state index contributed by atoms with van der Waals surface area (Å²) < 4.78 is 0. The molecule has 0 heterocycles. The van der Waals surface area contributed by atoms with Crippen molar-refractivity contribution in [2.24, 2.45) is 0 Å². The summed E-state index contributed by atoms with van der Waals surface area (Å²) >= 11 is 0. The van der Waals surface area contributed by atoms with Crippen LogP contribution in [0.4, 0.5) is 0 Å². The van der Waals surface area contributed by atoms with Gasteiger partial charge in [0.25, 0.3) is 5.91 Å². The lowest BCUT2D eigenvalue weighted by atomic mass is 10.0. The molecule has 14 heavy (non-hydrogen) atoms. The Morgan fingerprint density at radius 3 is 2.57 bits per heavy atom. The first-order chi connectivity index (χ1) is 6.57. The van der Waals surface area contributed by atoms with Crippen LogP contribution in [0.1, 0.15) is 28.4 Å². The number of benzene rings is 1. The largest absolute Gasteiger partial charge is 0.342 e. The van der Waals surface area contributed by atoms with E-state index in [1.165, 1.54) is 5.56 Å². The fourth-order valence-corrected chi connectivity index (χ4v) is 1.33. The average Bonchev–Trinajstić information content (AvgIpc) is 2.20. The molecule has 0 atom stereocenters. The lowest BCUT2D eigenvalue weighted by Gasteiger charge is -2.16. The molecule has 0 N–H and O–H groups in total. The van der Waals surface area contributed by atoms with Gasteiger partial charge in [-0.25, -0.2) is 0 Å². The highest BCUT2D eigenvalue weighted by atomic mass is 16.2. The number of carbonyl (C=O) groups is 1. The molecule has 0 spiro atoms. The summed E-state index contributed by atoms with van der Waals surface area (Å²) in [7, 11) is 1.82. The highest BCUT2D eigenvalue weighted by molar-refractivity contribution is 5.95. The molecule has 2 nitrogen and oxygen atoms in total. The van der Waals surface area contributed by atoms with Gasteiger partial charge in [-0.1, -0.05) is 12.1 Å². The van der Waals surface area contributed by atoms with Crippen molar-refractivity contribution in [1.82, 2.24) is 4.90 Å². The normalized spacial score (nSPS) is 10.0. The standard InChI is InChI=1S/C12H17NO/c1-5-13(4)12(14)11-8-6-7-9(2)10(11)3/h6-8H,5H2,1-4H3. The summed E-state index contributed by atoms with van der Waals surface area (Å²) in [5, 5.41) is 0. The molecule has 0 aromatic heterocycles. The molecule has 0 aliphatic carbocycles. The second-order valence-corrected chi connectivity index (χ2v) is 3.57. The van der Waals surface area contributed by atoms with Crippen molar-refractivity contribution in [2.75, 3.05) is 13.6 Å². The number of hydrogen-bond acceptors (Lipinski definition) is 1. The van der Waals surface area contributed by atoms with Crippen molar-refractivity contribution in [3.05, 3.63) is 34.9 Å². The minimum Gasteiger partial charge on any atom is -0.342 e. The monoisotopic (exact) mass is 191 g/mol. The molecule has 0 fully saturated rings. The van der Waals surface area contributed by atoms with E-state index in [0.717, 1.165) is 17.7 Å². The van der Waals surface area contributed by atoms with Gasteiger partial charge in [0.2, 0.25) is 0 Å². The molecular formula is C12H17NO. The van der Waals surface area contributed by atoms with Crippen LogP contribution in [0, 0.1) is 13.8 Å². The quantitative estimate of drug-likeness (QED) is 0.703. The predicted molar refractivity (Wildman–Crippen MR) is 58.6 cm³/mol. The molecule has 0 saturated carbocycles. The molecule has 0 aliphatic heterocycles. The summed E-state index contributed by atoms with van der Waals surface area (Å²) in [5.41, 5.74) is 3.06. The molecule has 76 valence electrons. The molecule has 0 unspecified atom stereocenters. The smallest absolute Gasteiger partial charge is 0.253 e. The number of carbonyl (C=O) groups excluding carboxylic acids is 1. The molecule has 0 saturated heterocycles. The van der Waals surface area contributed by atoms with Crippen LogP contribution >= 0.6 is 0 Å². The van der Waals surface area contributed by atoms with Crippen molar-refractivity contribution >= 4 is 5.91 Å². The van der Waals surface area contributed by atoms with Gasteiger partial charge in [-0.3, -0.25) is 4.79 Å². The van der Waals surface area contributed by atoms with Gasteiger partial charge in [-0.2, -0.15) is 0 Å². The third-order valence-electron chi connectivity index (χ3n) is 2.66. The van der Waals surface area contributed by atoms with Gasteiger partial charge in [-0.15, -0.1) is 0 Å². The van der Waals surface area contributed by atoms with Crippen molar-refractivity contribution in [1.29, 1.82) is 0 Å². The fraction of sp³-hybridized carbons (Fsp3) is 0.417. The average molecular weight is 191 g/mol. The van der Waals surface area contributed by atoms with Gasteiger partial charge in [-0.05, 0) is 38.0 Å². The maximum atomic E-state index is 11.9. The van der Waals surface area contributed by atoms with E-state index in [2.05, 4.69) is 0 Å².